The molecule has 4 rings (SSSR count). The number of rotatable bonds is 8. The van der Waals surface area contributed by atoms with Crippen LogP contribution in [0.3, 0.4) is 0 Å². The van der Waals surface area contributed by atoms with Gasteiger partial charge in [0, 0.05) is 30.7 Å². The molecule has 4 aromatic rings. The molecule has 1 amide bonds. The zero-order chi connectivity index (χ0) is 26.0. The summed E-state index contributed by atoms with van der Waals surface area (Å²) in [4.78, 5) is 31.0. The molecule has 2 aromatic carbocycles. The Labute approximate surface area is 211 Å². The zero-order valence-electron chi connectivity index (χ0n) is 20.0. The molecule has 2 heterocycles. The van der Waals surface area contributed by atoms with Crippen molar-refractivity contribution in [1.29, 1.82) is 0 Å². The number of fused-ring (bicyclic) bond motifs is 1. The molecule has 0 bridgehead atoms. The van der Waals surface area contributed by atoms with Gasteiger partial charge in [0.2, 0.25) is 15.9 Å². The maximum atomic E-state index is 13.3. The number of methoxy groups -OCH3 is 2. The summed E-state index contributed by atoms with van der Waals surface area (Å²) < 4.78 is 37.4. The minimum absolute atomic E-state index is 0.108. The third-order valence-electron chi connectivity index (χ3n) is 5.49. The van der Waals surface area contributed by atoms with E-state index in [1.165, 1.54) is 67.7 Å². The van der Waals surface area contributed by atoms with Crippen molar-refractivity contribution in [3.8, 4) is 22.6 Å². The summed E-state index contributed by atoms with van der Waals surface area (Å²) in [5.74, 6) is 0.645. The lowest BCUT2D eigenvalue weighted by Gasteiger charge is -2.12. The number of benzene rings is 2. The van der Waals surface area contributed by atoms with E-state index in [0.717, 1.165) is 9.87 Å². The first-order chi connectivity index (χ1) is 17.1. The van der Waals surface area contributed by atoms with E-state index in [1.807, 2.05) is 11.4 Å². The minimum atomic E-state index is -3.57. The molecule has 0 saturated carbocycles. The fraction of sp³-hybridized carbons (Fsp3) is 0.208. The summed E-state index contributed by atoms with van der Waals surface area (Å²) in [6.45, 7) is -0.263. The topological polar surface area (TPSA) is 120 Å². The van der Waals surface area contributed by atoms with Crippen LogP contribution in [0.1, 0.15) is 0 Å². The van der Waals surface area contributed by atoms with Crippen LogP contribution in [0.4, 0.5) is 5.69 Å². The fourth-order valence-corrected chi connectivity index (χ4v) is 5.38. The van der Waals surface area contributed by atoms with Gasteiger partial charge in [-0.1, -0.05) is 6.07 Å². The van der Waals surface area contributed by atoms with Gasteiger partial charge in [-0.05, 0) is 42.0 Å². The van der Waals surface area contributed by atoms with Crippen molar-refractivity contribution in [2.24, 2.45) is 0 Å². The molecule has 12 heteroatoms. The molecule has 2 aromatic heterocycles. The average molecular weight is 529 g/mol. The van der Waals surface area contributed by atoms with Crippen molar-refractivity contribution in [3.63, 3.8) is 0 Å². The number of thiophene rings is 1. The van der Waals surface area contributed by atoms with E-state index >= 15 is 0 Å². The second-order valence-electron chi connectivity index (χ2n) is 7.94. The molecular weight excluding hydrogens is 504 g/mol. The maximum Gasteiger partial charge on any atom is 0.263 e. The van der Waals surface area contributed by atoms with Crippen LogP contribution in [0.25, 0.3) is 21.3 Å². The van der Waals surface area contributed by atoms with Gasteiger partial charge in [-0.15, -0.1) is 11.3 Å². The number of nitrogens with zero attached hydrogens (tertiary/aromatic N) is 3. The molecule has 36 heavy (non-hydrogen) atoms. The summed E-state index contributed by atoms with van der Waals surface area (Å²) in [5.41, 5.74) is 1.49. The highest BCUT2D eigenvalue weighted by molar-refractivity contribution is 7.89. The zero-order valence-corrected chi connectivity index (χ0v) is 21.6. The number of carbonyl (C=O) groups is 1. The number of carbonyl (C=O) groups excluding carboxylic acids is 1. The van der Waals surface area contributed by atoms with Crippen LogP contribution in [0.2, 0.25) is 0 Å². The number of ether oxygens (including phenoxy) is 2. The first-order valence-corrected chi connectivity index (χ1v) is 13.0. The van der Waals surface area contributed by atoms with Crippen molar-refractivity contribution in [1.82, 2.24) is 13.9 Å². The summed E-state index contributed by atoms with van der Waals surface area (Å²) in [6, 6.07) is 11.2. The van der Waals surface area contributed by atoms with Gasteiger partial charge in [-0.3, -0.25) is 14.2 Å². The summed E-state index contributed by atoms with van der Waals surface area (Å²) in [7, 11) is 2.39. The number of amides is 1. The van der Waals surface area contributed by atoms with Gasteiger partial charge in [0.1, 0.15) is 11.4 Å². The Morgan fingerprint density at radius 1 is 1.08 bits per heavy atom. The highest BCUT2D eigenvalue weighted by atomic mass is 32.2. The largest absolute Gasteiger partial charge is 0.493 e. The molecule has 0 aliphatic heterocycles. The fourth-order valence-electron chi connectivity index (χ4n) is 3.57. The molecule has 0 fully saturated rings. The first kappa shape index (κ1) is 25.4. The second-order valence-corrected chi connectivity index (χ2v) is 10.9. The van der Waals surface area contributed by atoms with Crippen LogP contribution in [-0.2, 0) is 21.4 Å². The molecule has 0 spiro atoms. The molecular formula is C24H24N4O6S2. The number of nitrogens with one attached hydrogen (secondary N) is 1. The molecule has 188 valence electrons. The van der Waals surface area contributed by atoms with Crippen molar-refractivity contribution in [2.75, 3.05) is 33.6 Å². The summed E-state index contributed by atoms with van der Waals surface area (Å²) in [6.07, 6.45) is 1.34. The minimum Gasteiger partial charge on any atom is -0.493 e. The number of hydrogen-bond acceptors (Lipinski definition) is 8. The molecule has 10 nitrogen and oxygen atoms in total. The SMILES string of the molecule is COc1ccc(-c2csc3ncn(CC(=O)Nc4ccc(S(=O)(=O)N(C)C)cc4)c(=O)c23)cc1OC. The first-order valence-electron chi connectivity index (χ1n) is 10.7. The standard InChI is InChI=1S/C24H24N4O6S2/c1-27(2)36(31,32)17-8-6-16(7-9-17)26-21(29)12-28-14-25-23-22(24(28)30)18(13-35-23)15-5-10-19(33-3)20(11-15)34-4/h5-11,13-14H,12H2,1-4H3,(H,26,29). The van der Waals surface area contributed by atoms with E-state index < -0.39 is 15.9 Å². The Kier molecular flexibility index (Phi) is 7.11. The average Bonchev–Trinajstić information content (AvgIpc) is 3.30. The van der Waals surface area contributed by atoms with E-state index in [-0.39, 0.29) is 17.0 Å². The van der Waals surface area contributed by atoms with Crippen molar-refractivity contribution < 1.29 is 22.7 Å². The highest BCUT2D eigenvalue weighted by Gasteiger charge is 2.18. The van der Waals surface area contributed by atoms with Gasteiger partial charge < -0.3 is 14.8 Å². The Balaban J connectivity index is 1.59. The van der Waals surface area contributed by atoms with Crippen LogP contribution in [0, 0.1) is 0 Å². The van der Waals surface area contributed by atoms with Gasteiger partial charge in [0.05, 0.1) is 30.8 Å². The predicted molar refractivity (Wildman–Crippen MR) is 138 cm³/mol. The second kappa shape index (κ2) is 10.1. The molecule has 0 aliphatic rings. The van der Waals surface area contributed by atoms with E-state index in [0.29, 0.717) is 33.0 Å². The molecule has 0 atom stereocenters. The third kappa shape index (κ3) is 4.83. The van der Waals surface area contributed by atoms with E-state index in [4.69, 9.17) is 9.47 Å². The third-order valence-corrected chi connectivity index (χ3v) is 8.20. The van der Waals surface area contributed by atoms with Crippen LogP contribution in [-0.4, -0.2) is 56.5 Å². The predicted octanol–water partition coefficient (Wildman–Crippen LogP) is 3.03. The quantitative estimate of drug-likeness (QED) is 0.373. The smallest absolute Gasteiger partial charge is 0.263 e. The van der Waals surface area contributed by atoms with E-state index in [1.54, 1.807) is 19.2 Å². The van der Waals surface area contributed by atoms with Gasteiger partial charge in [0.15, 0.2) is 11.5 Å². The van der Waals surface area contributed by atoms with Gasteiger partial charge in [0.25, 0.3) is 5.56 Å². The number of anilines is 1. The normalized spacial score (nSPS) is 11.6. The van der Waals surface area contributed by atoms with Crippen LogP contribution < -0.4 is 20.3 Å². The number of sulfonamides is 1. The summed E-state index contributed by atoms with van der Waals surface area (Å²) in [5, 5.41) is 4.92. The molecule has 1 N–H and O–H groups in total. The molecule has 0 saturated heterocycles. The Hall–Kier alpha value is -3.74. The number of aromatic nitrogens is 2. The van der Waals surface area contributed by atoms with E-state index in [2.05, 4.69) is 10.3 Å². The van der Waals surface area contributed by atoms with Gasteiger partial charge >= 0.3 is 0 Å². The molecule has 0 radical (unpaired) electrons. The van der Waals surface area contributed by atoms with Crippen molar-refractivity contribution >= 4 is 43.2 Å². The van der Waals surface area contributed by atoms with Crippen molar-refractivity contribution in [3.05, 3.63) is 64.5 Å². The van der Waals surface area contributed by atoms with Crippen LogP contribution in [0.5, 0.6) is 11.5 Å². The highest BCUT2D eigenvalue weighted by Crippen LogP contribution is 2.36. The van der Waals surface area contributed by atoms with E-state index in [9.17, 15) is 18.0 Å². The maximum absolute atomic E-state index is 13.3. The summed E-state index contributed by atoms with van der Waals surface area (Å²) >= 11 is 1.33. The van der Waals surface area contributed by atoms with Crippen LogP contribution >= 0.6 is 11.3 Å². The van der Waals surface area contributed by atoms with Crippen molar-refractivity contribution in [2.45, 2.75) is 11.4 Å². The molecule has 0 unspecified atom stereocenters. The van der Waals surface area contributed by atoms with Gasteiger partial charge in [-0.2, -0.15) is 0 Å². The lowest BCUT2D eigenvalue weighted by molar-refractivity contribution is -0.116. The Morgan fingerprint density at radius 2 is 1.78 bits per heavy atom. The van der Waals surface area contributed by atoms with Crippen LogP contribution in [0.15, 0.2) is 63.9 Å². The lowest BCUT2D eigenvalue weighted by atomic mass is 10.1. The lowest BCUT2D eigenvalue weighted by Crippen LogP contribution is -2.27. The molecule has 0 aliphatic carbocycles. The Bertz CT molecular complexity index is 1590. The number of hydrogen-bond donors (Lipinski definition) is 1. The Morgan fingerprint density at radius 3 is 2.42 bits per heavy atom. The van der Waals surface area contributed by atoms with Gasteiger partial charge in [-0.25, -0.2) is 17.7 Å². The monoisotopic (exact) mass is 528 g/mol.